The van der Waals surface area contributed by atoms with Crippen molar-refractivity contribution in [3.63, 3.8) is 0 Å². The standard InChI is InChI=1S/C41H22N4O11S/c1-42-34(47)25-13-3-19(15-27(25)35(42)48)33(46)20-4-14-26-28(16-20)39(52)44(38(26)51)21-5-9-23(10-6-21)57(55,56)24-11-7-22(8-12-24)45-40(53)31-17-29-30(18-32(31)41(45)54)37(50)43(2)36(29)49/h3-18H,1-2H3. The zero-order chi connectivity index (χ0) is 40.4. The van der Waals surface area contributed by atoms with E-state index in [0.717, 1.165) is 18.9 Å². The highest BCUT2D eigenvalue weighted by atomic mass is 32.2. The number of hydrogen-bond donors (Lipinski definition) is 0. The molecule has 15 nitrogen and oxygen atoms in total. The van der Waals surface area contributed by atoms with Gasteiger partial charge >= 0.3 is 0 Å². The van der Waals surface area contributed by atoms with Crippen LogP contribution in [0.5, 0.6) is 0 Å². The number of nitrogens with zero attached hydrogens (tertiary/aromatic N) is 4. The van der Waals surface area contributed by atoms with Crippen LogP contribution in [0.1, 0.15) is 57.4 Å². The Morgan fingerprint density at radius 1 is 0.456 bits per heavy atom. The molecular weight excluding hydrogens is 757 g/mol. The van der Waals surface area contributed by atoms with Gasteiger partial charge in [0.25, 0.3) is 45.9 Å². The number of benzene rings is 5. The molecular formula is C41H22N4O11S. The van der Waals surface area contributed by atoms with Crippen molar-refractivity contribution in [3.05, 3.63) is 172 Å². The predicted octanol–water partition coefficient (Wildman–Crippen LogP) is 2.53. The summed E-state index contributed by atoms with van der Waals surface area (Å²) in [7, 11) is -1.57. The molecule has 0 spiro atoms. The lowest BCUT2D eigenvalue weighted by molar-refractivity contribution is 0.0692. The third kappa shape index (κ3) is 4.83. The average Bonchev–Trinajstić information content (AvgIpc) is 3.79. The van der Waals surface area contributed by atoms with E-state index in [0.29, 0.717) is 0 Å². The molecule has 2 aliphatic heterocycles. The summed E-state index contributed by atoms with van der Waals surface area (Å²) in [6.07, 6.45) is 0. The molecule has 7 aromatic rings. The number of amides is 4. The number of fused-ring (bicyclic) bond motifs is 4. The molecule has 0 N–H and O–H groups in total. The third-order valence-corrected chi connectivity index (χ3v) is 12.2. The van der Waals surface area contributed by atoms with Crippen LogP contribution in [0.2, 0.25) is 0 Å². The van der Waals surface area contributed by atoms with Gasteiger partial charge in [0.2, 0.25) is 9.84 Å². The molecule has 0 bridgehead atoms. The topological polar surface area (TPSA) is 204 Å². The lowest BCUT2D eigenvalue weighted by Gasteiger charge is -2.14. The fraction of sp³-hybridized carbons (Fsp3) is 0.0488. The molecule has 0 saturated carbocycles. The maximum atomic E-state index is 13.6. The normalized spacial score (nSPS) is 14.0. The summed E-state index contributed by atoms with van der Waals surface area (Å²) in [5, 5.41) is -0.135. The van der Waals surface area contributed by atoms with Gasteiger partial charge in [-0.1, -0.05) is 12.1 Å². The van der Waals surface area contributed by atoms with Crippen molar-refractivity contribution < 1.29 is 32.4 Å². The van der Waals surface area contributed by atoms with E-state index < -0.39 is 61.5 Å². The minimum atomic E-state index is -4.20. The Kier molecular flexibility index (Phi) is 7.30. The van der Waals surface area contributed by atoms with Crippen molar-refractivity contribution in [1.82, 2.24) is 14.0 Å². The van der Waals surface area contributed by atoms with E-state index in [2.05, 4.69) is 0 Å². The molecule has 5 aromatic carbocycles. The van der Waals surface area contributed by atoms with Crippen molar-refractivity contribution >= 4 is 66.5 Å². The largest absolute Gasteiger partial charge is 0.289 e. The summed E-state index contributed by atoms with van der Waals surface area (Å²) >= 11 is 0. The zero-order valence-electron chi connectivity index (χ0n) is 29.4. The smallest absolute Gasteiger partial charge is 0.266 e. The first-order chi connectivity index (χ1) is 27.1. The van der Waals surface area contributed by atoms with Crippen LogP contribution in [0.3, 0.4) is 0 Å². The molecule has 4 heterocycles. The summed E-state index contributed by atoms with van der Waals surface area (Å²) in [6.45, 7) is 0. The van der Waals surface area contributed by atoms with E-state index >= 15 is 0 Å². The van der Waals surface area contributed by atoms with Gasteiger partial charge in [0.1, 0.15) is 0 Å². The lowest BCUT2D eigenvalue weighted by atomic mass is 9.96. The number of aromatic nitrogens is 2. The highest BCUT2D eigenvalue weighted by Crippen LogP contribution is 2.32. The van der Waals surface area contributed by atoms with Crippen LogP contribution in [0.15, 0.2) is 126 Å². The first-order valence-electron chi connectivity index (χ1n) is 17.0. The maximum absolute atomic E-state index is 13.6. The molecule has 57 heavy (non-hydrogen) atoms. The van der Waals surface area contributed by atoms with Gasteiger partial charge in [-0.3, -0.25) is 52.6 Å². The average molecular weight is 779 g/mol. The van der Waals surface area contributed by atoms with E-state index in [-0.39, 0.29) is 76.1 Å². The molecule has 0 aliphatic carbocycles. The fourth-order valence-corrected chi connectivity index (χ4v) is 8.56. The number of ketones is 1. The zero-order valence-corrected chi connectivity index (χ0v) is 30.2. The van der Waals surface area contributed by atoms with Crippen LogP contribution in [0, 0.1) is 0 Å². The van der Waals surface area contributed by atoms with Crippen LogP contribution in [0.25, 0.3) is 27.2 Å². The second-order valence-corrected chi connectivity index (χ2v) is 15.5. The van der Waals surface area contributed by atoms with Crippen molar-refractivity contribution in [3.8, 4) is 5.69 Å². The van der Waals surface area contributed by atoms with Gasteiger partial charge in [0.05, 0.1) is 65.0 Å². The number of carbonyl (C=O) groups excluding carboxylic acids is 5. The molecule has 0 radical (unpaired) electrons. The van der Waals surface area contributed by atoms with E-state index in [1.807, 2.05) is 0 Å². The summed E-state index contributed by atoms with van der Waals surface area (Å²) in [4.78, 5) is 118. The molecule has 4 amide bonds. The van der Waals surface area contributed by atoms with Crippen molar-refractivity contribution in [2.75, 3.05) is 11.9 Å². The Balaban J connectivity index is 0.965. The molecule has 0 unspecified atom stereocenters. The van der Waals surface area contributed by atoms with Crippen molar-refractivity contribution in [2.45, 2.75) is 9.79 Å². The molecule has 278 valence electrons. The van der Waals surface area contributed by atoms with Crippen LogP contribution >= 0.6 is 0 Å². The van der Waals surface area contributed by atoms with Crippen molar-refractivity contribution in [2.24, 2.45) is 7.05 Å². The van der Waals surface area contributed by atoms with Crippen LogP contribution < -0.4 is 27.1 Å². The SMILES string of the molecule is CN1C(=O)c2ccc(C(=O)c3ccc4c(c3)C(=O)N(c3ccc(S(=O)(=O)c5ccc(-n6c(=O)c7cc8c(=O)n(C)c(=O)c8cc7c6=O)cc5)cc3)C4=O)cc2C1=O. The highest BCUT2D eigenvalue weighted by Gasteiger charge is 2.38. The Morgan fingerprint density at radius 2 is 0.860 bits per heavy atom. The Bertz CT molecular complexity index is 3330. The quantitative estimate of drug-likeness (QED) is 0.177. The summed E-state index contributed by atoms with van der Waals surface area (Å²) in [5.74, 6) is -3.04. The second-order valence-electron chi connectivity index (χ2n) is 13.5. The third-order valence-electron chi connectivity index (χ3n) is 10.4. The maximum Gasteiger partial charge on any atom is 0.266 e. The van der Waals surface area contributed by atoms with E-state index in [1.54, 1.807) is 0 Å². The predicted molar refractivity (Wildman–Crippen MR) is 203 cm³/mol. The number of hydrogen-bond acceptors (Lipinski definition) is 11. The Hall–Kier alpha value is -7.72. The highest BCUT2D eigenvalue weighted by molar-refractivity contribution is 7.91. The van der Waals surface area contributed by atoms with Gasteiger partial charge in [-0.2, -0.15) is 0 Å². The monoisotopic (exact) mass is 778 g/mol. The summed E-state index contributed by atoms with van der Waals surface area (Å²) < 4.78 is 28.9. The first-order valence-corrected chi connectivity index (χ1v) is 18.5. The van der Waals surface area contributed by atoms with Crippen LogP contribution in [-0.4, -0.2) is 58.9 Å². The molecule has 9 rings (SSSR count). The minimum Gasteiger partial charge on any atom is -0.289 e. The fourth-order valence-electron chi connectivity index (χ4n) is 7.30. The van der Waals surface area contributed by atoms with E-state index in [9.17, 15) is 51.6 Å². The minimum absolute atomic E-state index is 0.00151. The molecule has 0 atom stereocenters. The number of anilines is 1. The Labute approximate surface area is 318 Å². The van der Waals surface area contributed by atoms with Crippen molar-refractivity contribution in [1.29, 1.82) is 0 Å². The summed E-state index contributed by atoms with van der Waals surface area (Å²) in [6, 6.07) is 20.4. The van der Waals surface area contributed by atoms with Gasteiger partial charge in [-0.25, -0.2) is 17.9 Å². The Morgan fingerprint density at radius 3 is 1.37 bits per heavy atom. The molecule has 16 heteroatoms. The van der Waals surface area contributed by atoms with E-state index in [4.69, 9.17) is 0 Å². The number of imide groups is 2. The van der Waals surface area contributed by atoms with Crippen LogP contribution in [0.4, 0.5) is 5.69 Å². The molecule has 2 aliphatic rings. The first kappa shape index (κ1) is 35.0. The summed E-state index contributed by atoms with van der Waals surface area (Å²) in [5.41, 5.74) is -2.26. The van der Waals surface area contributed by atoms with Gasteiger partial charge in [-0.05, 0) is 84.9 Å². The lowest BCUT2D eigenvalue weighted by Crippen LogP contribution is -2.29. The van der Waals surface area contributed by atoms with Gasteiger partial charge in [0.15, 0.2) is 5.78 Å². The number of carbonyl (C=O) groups is 5. The molecule has 2 aromatic heterocycles. The van der Waals surface area contributed by atoms with Gasteiger partial charge in [-0.15, -0.1) is 0 Å². The molecule has 0 saturated heterocycles. The second kappa shape index (κ2) is 11.9. The number of rotatable bonds is 6. The van der Waals surface area contributed by atoms with Gasteiger partial charge in [0, 0.05) is 25.2 Å². The van der Waals surface area contributed by atoms with Crippen LogP contribution in [-0.2, 0) is 16.9 Å². The van der Waals surface area contributed by atoms with Gasteiger partial charge < -0.3 is 0 Å². The van der Waals surface area contributed by atoms with E-state index in [1.165, 1.54) is 111 Å². The number of sulfone groups is 1. The molecule has 0 fully saturated rings.